The van der Waals surface area contributed by atoms with Crippen molar-refractivity contribution < 1.29 is 9.59 Å². The van der Waals surface area contributed by atoms with Gasteiger partial charge in [0.25, 0.3) is 0 Å². The molecule has 1 rings (SSSR count). The molecule has 7 heteroatoms. The summed E-state index contributed by atoms with van der Waals surface area (Å²) in [4.78, 5) is 24.4. The zero-order valence-corrected chi connectivity index (χ0v) is 10.0. The Bertz CT molecular complexity index is 401. The minimum Gasteiger partial charge on any atom is -0.382 e. The minimum absolute atomic E-state index is 0.0000753. The SMILES string of the molecule is CCN(C)C(=O)CNC(=O)Cn1ccc(N)n1. The summed E-state index contributed by atoms with van der Waals surface area (Å²) in [6.07, 6.45) is 1.61. The Balaban J connectivity index is 2.33. The van der Waals surface area contributed by atoms with Gasteiger partial charge in [0.2, 0.25) is 11.8 Å². The fraction of sp³-hybridized carbons (Fsp3) is 0.500. The van der Waals surface area contributed by atoms with Crippen molar-refractivity contribution in [3.63, 3.8) is 0 Å². The molecule has 0 saturated heterocycles. The summed E-state index contributed by atoms with van der Waals surface area (Å²) in [6.45, 7) is 2.54. The molecule has 0 aromatic carbocycles. The molecule has 0 unspecified atom stereocenters. The molecule has 0 aliphatic rings. The quantitative estimate of drug-likeness (QED) is 0.693. The van der Waals surface area contributed by atoms with Gasteiger partial charge in [0.05, 0.1) is 6.54 Å². The summed E-state index contributed by atoms with van der Waals surface area (Å²) < 4.78 is 1.42. The lowest BCUT2D eigenvalue weighted by molar-refractivity contribution is -0.131. The molecule has 0 saturated carbocycles. The molecular formula is C10H17N5O2. The molecule has 0 radical (unpaired) electrons. The third-order valence-electron chi connectivity index (χ3n) is 2.30. The second kappa shape index (κ2) is 5.88. The van der Waals surface area contributed by atoms with Gasteiger partial charge in [-0.15, -0.1) is 0 Å². The van der Waals surface area contributed by atoms with Gasteiger partial charge in [-0.05, 0) is 13.0 Å². The van der Waals surface area contributed by atoms with Gasteiger partial charge in [0, 0.05) is 19.8 Å². The maximum Gasteiger partial charge on any atom is 0.242 e. The van der Waals surface area contributed by atoms with Crippen LogP contribution < -0.4 is 11.1 Å². The number of amides is 2. The Kier molecular flexibility index (Phi) is 4.50. The summed E-state index contributed by atoms with van der Waals surface area (Å²) in [5.41, 5.74) is 5.41. The highest BCUT2D eigenvalue weighted by molar-refractivity contribution is 5.84. The van der Waals surface area contributed by atoms with Gasteiger partial charge in [-0.3, -0.25) is 14.3 Å². The van der Waals surface area contributed by atoms with Crippen LogP contribution in [0.5, 0.6) is 0 Å². The van der Waals surface area contributed by atoms with E-state index in [4.69, 9.17) is 5.73 Å². The minimum atomic E-state index is -0.272. The van der Waals surface area contributed by atoms with E-state index in [-0.39, 0.29) is 24.9 Å². The predicted octanol–water partition coefficient (Wildman–Crippen LogP) is -0.940. The molecule has 3 N–H and O–H groups in total. The lowest BCUT2D eigenvalue weighted by atomic mass is 10.4. The van der Waals surface area contributed by atoms with Gasteiger partial charge in [-0.1, -0.05) is 0 Å². The van der Waals surface area contributed by atoms with E-state index >= 15 is 0 Å². The first-order valence-corrected chi connectivity index (χ1v) is 5.32. The number of rotatable bonds is 5. The molecule has 0 fully saturated rings. The second-order valence-corrected chi connectivity index (χ2v) is 3.62. The van der Waals surface area contributed by atoms with Crippen LogP contribution in [-0.2, 0) is 16.1 Å². The number of nitrogens with zero attached hydrogens (tertiary/aromatic N) is 3. The first-order chi connectivity index (χ1) is 8.02. The highest BCUT2D eigenvalue weighted by Crippen LogP contribution is 1.94. The van der Waals surface area contributed by atoms with Crippen LogP contribution in [0.3, 0.4) is 0 Å². The molecule has 0 aliphatic heterocycles. The molecule has 0 aliphatic carbocycles. The molecule has 17 heavy (non-hydrogen) atoms. The zero-order valence-electron chi connectivity index (χ0n) is 10.0. The molecule has 0 spiro atoms. The van der Waals surface area contributed by atoms with E-state index in [1.807, 2.05) is 6.92 Å². The van der Waals surface area contributed by atoms with Gasteiger partial charge >= 0.3 is 0 Å². The van der Waals surface area contributed by atoms with Crippen LogP contribution in [0.4, 0.5) is 5.82 Å². The fourth-order valence-electron chi connectivity index (χ4n) is 1.15. The Morgan fingerprint density at radius 1 is 1.59 bits per heavy atom. The molecule has 1 aromatic heterocycles. The second-order valence-electron chi connectivity index (χ2n) is 3.62. The predicted molar refractivity (Wildman–Crippen MR) is 63.0 cm³/mol. The Morgan fingerprint density at radius 2 is 2.29 bits per heavy atom. The van der Waals surface area contributed by atoms with Crippen LogP contribution in [0.2, 0.25) is 0 Å². The monoisotopic (exact) mass is 239 g/mol. The normalized spacial score (nSPS) is 10.0. The zero-order chi connectivity index (χ0) is 12.8. The highest BCUT2D eigenvalue weighted by atomic mass is 16.2. The van der Waals surface area contributed by atoms with Crippen molar-refractivity contribution in [2.45, 2.75) is 13.5 Å². The van der Waals surface area contributed by atoms with E-state index in [9.17, 15) is 9.59 Å². The number of likely N-dealkylation sites (N-methyl/N-ethyl adjacent to an activating group) is 1. The molecule has 2 amide bonds. The van der Waals surface area contributed by atoms with Crippen LogP contribution in [0, 0.1) is 0 Å². The number of hydrogen-bond donors (Lipinski definition) is 2. The smallest absolute Gasteiger partial charge is 0.242 e. The fourth-order valence-corrected chi connectivity index (χ4v) is 1.15. The van der Waals surface area contributed by atoms with Gasteiger partial charge in [-0.2, -0.15) is 5.10 Å². The molecule has 1 aromatic rings. The number of carbonyl (C=O) groups excluding carboxylic acids is 2. The molecule has 0 bridgehead atoms. The van der Waals surface area contributed by atoms with E-state index < -0.39 is 0 Å². The number of nitrogen functional groups attached to an aromatic ring is 1. The first kappa shape index (κ1) is 13.0. The summed E-state index contributed by atoms with van der Waals surface area (Å²) in [5, 5.41) is 6.39. The summed E-state index contributed by atoms with van der Waals surface area (Å²) >= 11 is 0. The van der Waals surface area contributed by atoms with Crippen molar-refractivity contribution in [2.24, 2.45) is 0 Å². The number of anilines is 1. The lowest BCUT2D eigenvalue weighted by Gasteiger charge is -2.14. The van der Waals surface area contributed by atoms with Gasteiger partial charge in [-0.25, -0.2) is 0 Å². The number of aromatic nitrogens is 2. The highest BCUT2D eigenvalue weighted by Gasteiger charge is 2.09. The molecule has 0 atom stereocenters. The van der Waals surface area contributed by atoms with E-state index in [0.29, 0.717) is 12.4 Å². The van der Waals surface area contributed by atoms with Crippen molar-refractivity contribution in [3.8, 4) is 0 Å². The maximum atomic E-state index is 11.5. The molecular weight excluding hydrogens is 222 g/mol. The summed E-state index contributed by atoms with van der Waals surface area (Å²) in [7, 11) is 1.68. The van der Waals surface area contributed by atoms with Crippen LogP contribution in [-0.4, -0.2) is 46.6 Å². The number of nitrogens with two attached hydrogens (primary N) is 1. The average Bonchev–Trinajstić information content (AvgIpc) is 2.70. The van der Waals surface area contributed by atoms with Crippen molar-refractivity contribution in [1.82, 2.24) is 20.0 Å². The van der Waals surface area contributed by atoms with E-state index in [1.165, 1.54) is 9.58 Å². The van der Waals surface area contributed by atoms with E-state index in [1.54, 1.807) is 19.3 Å². The Hall–Kier alpha value is -2.05. The van der Waals surface area contributed by atoms with Gasteiger partial charge < -0.3 is 16.0 Å². The van der Waals surface area contributed by atoms with Crippen LogP contribution in [0.25, 0.3) is 0 Å². The summed E-state index contributed by atoms with van der Waals surface area (Å²) in [6, 6.07) is 1.60. The third-order valence-corrected chi connectivity index (χ3v) is 2.30. The molecule has 7 nitrogen and oxygen atoms in total. The van der Waals surface area contributed by atoms with Crippen molar-refractivity contribution in [3.05, 3.63) is 12.3 Å². The van der Waals surface area contributed by atoms with Crippen molar-refractivity contribution >= 4 is 17.6 Å². The third kappa shape index (κ3) is 4.13. The number of hydrogen-bond acceptors (Lipinski definition) is 4. The van der Waals surface area contributed by atoms with Crippen LogP contribution in [0.1, 0.15) is 6.92 Å². The number of carbonyl (C=O) groups is 2. The Labute approximate surface area is 99.6 Å². The van der Waals surface area contributed by atoms with Crippen molar-refractivity contribution in [1.29, 1.82) is 0 Å². The van der Waals surface area contributed by atoms with Crippen molar-refractivity contribution in [2.75, 3.05) is 25.9 Å². The average molecular weight is 239 g/mol. The number of nitrogens with one attached hydrogen (secondary N) is 1. The lowest BCUT2D eigenvalue weighted by Crippen LogP contribution is -2.39. The first-order valence-electron chi connectivity index (χ1n) is 5.32. The molecule has 1 heterocycles. The maximum absolute atomic E-state index is 11.5. The van der Waals surface area contributed by atoms with Crippen LogP contribution in [0.15, 0.2) is 12.3 Å². The standard InChI is InChI=1S/C10H17N5O2/c1-3-14(2)10(17)6-12-9(16)7-15-5-4-8(11)13-15/h4-5H,3,6-7H2,1-2H3,(H2,11,13)(H,12,16). The van der Waals surface area contributed by atoms with Gasteiger partial charge in [0.1, 0.15) is 12.4 Å². The van der Waals surface area contributed by atoms with Crippen LogP contribution >= 0.6 is 0 Å². The van der Waals surface area contributed by atoms with Gasteiger partial charge in [0.15, 0.2) is 0 Å². The topological polar surface area (TPSA) is 93.2 Å². The summed E-state index contributed by atoms with van der Waals surface area (Å²) in [5.74, 6) is -0.0358. The molecule has 94 valence electrons. The van der Waals surface area contributed by atoms with E-state index in [2.05, 4.69) is 10.4 Å². The largest absolute Gasteiger partial charge is 0.382 e. The Morgan fingerprint density at radius 3 is 2.82 bits per heavy atom. The van der Waals surface area contributed by atoms with E-state index in [0.717, 1.165) is 0 Å².